The predicted octanol–water partition coefficient (Wildman–Crippen LogP) is 4.45. The molecule has 0 saturated heterocycles. The highest BCUT2D eigenvalue weighted by molar-refractivity contribution is 6.39. The maximum Gasteiger partial charge on any atom is 0.199 e. The van der Waals surface area contributed by atoms with Gasteiger partial charge in [-0.1, -0.05) is 23.7 Å². The second kappa shape index (κ2) is 8.50. The van der Waals surface area contributed by atoms with Crippen LogP contribution in [0.3, 0.4) is 0 Å². The van der Waals surface area contributed by atoms with E-state index in [0.29, 0.717) is 39.7 Å². The average molecular weight is 463 g/mol. The highest BCUT2D eigenvalue weighted by atomic mass is 35.5. The zero-order valence-corrected chi connectivity index (χ0v) is 19.4. The second-order valence-corrected chi connectivity index (χ2v) is 8.62. The van der Waals surface area contributed by atoms with Gasteiger partial charge >= 0.3 is 0 Å². The number of rotatable bonds is 7. The number of aromatic nitrogens is 3. The Morgan fingerprint density at radius 2 is 1.85 bits per heavy atom. The lowest BCUT2D eigenvalue weighted by atomic mass is 9.88. The molecule has 7 nitrogen and oxygen atoms in total. The molecule has 2 heterocycles. The quantitative estimate of drug-likeness (QED) is 0.356. The van der Waals surface area contributed by atoms with E-state index in [0.717, 1.165) is 28.8 Å². The number of ketones is 1. The summed E-state index contributed by atoms with van der Waals surface area (Å²) >= 11 is 6.53. The number of hydrogen-bond donors (Lipinski definition) is 0. The zero-order chi connectivity index (χ0) is 23.1. The molecule has 0 spiro atoms. The monoisotopic (exact) mass is 462 g/mol. The summed E-state index contributed by atoms with van der Waals surface area (Å²) in [6.45, 7) is 1.80. The first kappa shape index (κ1) is 21.4. The van der Waals surface area contributed by atoms with E-state index in [1.807, 2.05) is 49.1 Å². The number of halogens is 1. The molecule has 0 unspecified atom stereocenters. The van der Waals surface area contributed by atoms with Gasteiger partial charge in [-0.25, -0.2) is 0 Å². The number of fused-ring (bicyclic) bond motifs is 2. The van der Waals surface area contributed by atoms with Crippen LogP contribution >= 0.6 is 11.6 Å². The van der Waals surface area contributed by atoms with Crippen molar-refractivity contribution in [3.63, 3.8) is 0 Å². The van der Waals surface area contributed by atoms with E-state index < -0.39 is 0 Å². The molecule has 0 amide bonds. The fraction of sp³-hybridized carbons (Fsp3) is 0.240. The van der Waals surface area contributed by atoms with Crippen molar-refractivity contribution in [2.45, 2.75) is 13.2 Å². The number of nitrogens with zero attached hydrogens (tertiary/aromatic N) is 4. The SMILES string of the molecule is COc1ccc(COc2cncc3c2C(=O)c2c(Cl)ccc4c2c-3nn4CCN(C)C)cc1. The Hall–Kier alpha value is -3.42. The van der Waals surface area contributed by atoms with E-state index in [4.69, 9.17) is 26.2 Å². The first-order chi connectivity index (χ1) is 16.0. The summed E-state index contributed by atoms with van der Waals surface area (Å²) in [6, 6.07) is 11.3. The van der Waals surface area contributed by atoms with Crippen molar-refractivity contribution >= 4 is 28.3 Å². The third-order valence-corrected chi connectivity index (χ3v) is 6.12. The number of pyridine rings is 1. The number of hydrogen-bond acceptors (Lipinski definition) is 6. The van der Waals surface area contributed by atoms with E-state index in [1.165, 1.54) is 0 Å². The molecule has 8 heteroatoms. The van der Waals surface area contributed by atoms with Crippen molar-refractivity contribution < 1.29 is 14.3 Å². The van der Waals surface area contributed by atoms with Crippen LogP contribution in [0.4, 0.5) is 0 Å². The first-order valence-electron chi connectivity index (χ1n) is 10.6. The van der Waals surface area contributed by atoms with E-state index in [-0.39, 0.29) is 12.4 Å². The van der Waals surface area contributed by atoms with Crippen molar-refractivity contribution in [3.8, 4) is 22.8 Å². The minimum atomic E-state index is -0.174. The summed E-state index contributed by atoms with van der Waals surface area (Å²) in [4.78, 5) is 20.1. The molecule has 0 N–H and O–H groups in total. The number of carbonyl (C=O) groups is 1. The maximum atomic E-state index is 13.7. The van der Waals surface area contributed by atoms with Gasteiger partial charge in [0.2, 0.25) is 0 Å². The Balaban J connectivity index is 1.57. The van der Waals surface area contributed by atoms with Gasteiger partial charge in [0.1, 0.15) is 23.8 Å². The van der Waals surface area contributed by atoms with Crippen LogP contribution in [-0.4, -0.2) is 53.2 Å². The van der Waals surface area contributed by atoms with Crippen molar-refractivity contribution in [2.75, 3.05) is 27.7 Å². The molecule has 33 heavy (non-hydrogen) atoms. The van der Waals surface area contributed by atoms with Gasteiger partial charge in [0.25, 0.3) is 0 Å². The molecule has 2 aromatic heterocycles. The van der Waals surface area contributed by atoms with Gasteiger partial charge in [-0.2, -0.15) is 5.10 Å². The van der Waals surface area contributed by atoms with Gasteiger partial charge in [-0.15, -0.1) is 0 Å². The topological polar surface area (TPSA) is 69.5 Å². The van der Waals surface area contributed by atoms with Crippen molar-refractivity contribution in [1.82, 2.24) is 19.7 Å². The normalized spacial score (nSPS) is 12.3. The van der Waals surface area contributed by atoms with Crippen LogP contribution in [0.1, 0.15) is 21.5 Å². The van der Waals surface area contributed by atoms with Crippen LogP contribution in [-0.2, 0) is 13.2 Å². The highest BCUT2D eigenvalue weighted by Crippen LogP contribution is 2.44. The van der Waals surface area contributed by atoms with Crippen LogP contribution in [0.25, 0.3) is 22.2 Å². The Morgan fingerprint density at radius 3 is 2.58 bits per heavy atom. The van der Waals surface area contributed by atoms with Crippen LogP contribution < -0.4 is 9.47 Å². The molecule has 5 rings (SSSR count). The first-order valence-corrected chi connectivity index (χ1v) is 11.0. The predicted molar refractivity (Wildman–Crippen MR) is 127 cm³/mol. The minimum absolute atomic E-state index is 0.174. The van der Waals surface area contributed by atoms with E-state index in [1.54, 1.807) is 25.6 Å². The smallest absolute Gasteiger partial charge is 0.199 e. The molecule has 4 aromatic rings. The lowest BCUT2D eigenvalue weighted by molar-refractivity contribution is 0.103. The Kier molecular flexibility index (Phi) is 5.52. The van der Waals surface area contributed by atoms with Crippen molar-refractivity contribution in [1.29, 1.82) is 0 Å². The van der Waals surface area contributed by atoms with E-state index >= 15 is 0 Å². The summed E-state index contributed by atoms with van der Waals surface area (Å²) in [5.41, 5.74) is 4.11. The standard InChI is InChI=1S/C25H23ClN4O3/c1-29(2)10-11-30-19-9-8-18(26)22-23(19)24(28-30)17-12-27-13-20(21(17)25(22)31)33-14-15-4-6-16(32-3)7-5-15/h4-9,12-13H,10-11,14H2,1-3H3. The molecule has 0 atom stereocenters. The lowest BCUT2D eigenvalue weighted by Gasteiger charge is -2.18. The summed E-state index contributed by atoms with van der Waals surface area (Å²) in [5, 5.41) is 6.04. The molecule has 1 aliphatic carbocycles. The number of methoxy groups -OCH3 is 1. The van der Waals surface area contributed by atoms with E-state index in [2.05, 4.69) is 9.88 Å². The third kappa shape index (κ3) is 3.73. The van der Waals surface area contributed by atoms with Crippen LogP contribution in [0.5, 0.6) is 11.5 Å². The Labute approximate surface area is 196 Å². The van der Waals surface area contributed by atoms with Crippen molar-refractivity contribution in [2.24, 2.45) is 0 Å². The highest BCUT2D eigenvalue weighted by Gasteiger charge is 2.33. The molecular formula is C25H23ClN4O3. The molecular weight excluding hydrogens is 440 g/mol. The summed E-state index contributed by atoms with van der Waals surface area (Å²) in [6.07, 6.45) is 3.25. The minimum Gasteiger partial charge on any atom is -0.497 e. The van der Waals surface area contributed by atoms with Crippen LogP contribution in [0.2, 0.25) is 5.02 Å². The summed E-state index contributed by atoms with van der Waals surface area (Å²) in [5.74, 6) is 1.01. The number of carbonyl (C=O) groups excluding carboxylic acids is 1. The van der Waals surface area contributed by atoms with Gasteiger partial charge in [-0.05, 0) is 43.9 Å². The maximum absolute atomic E-state index is 13.7. The molecule has 0 bridgehead atoms. The van der Waals surface area contributed by atoms with Gasteiger partial charge < -0.3 is 14.4 Å². The Bertz CT molecular complexity index is 1360. The van der Waals surface area contributed by atoms with Gasteiger partial charge in [0, 0.05) is 23.7 Å². The summed E-state index contributed by atoms with van der Waals surface area (Å²) in [7, 11) is 5.66. The largest absolute Gasteiger partial charge is 0.497 e. The molecule has 0 radical (unpaired) electrons. The molecule has 0 fully saturated rings. The lowest BCUT2D eigenvalue weighted by Crippen LogP contribution is -2.18. The second-order valence-electron chi connectivity index (χ2n) is 8.22. The van der Waals surface area contributed by atoms with Gasteiger partial charge in [-0.3, -0.25) is 14.5 Å². The fourth-order valence-corrected chi connectivity index (χ4v) is 4.34. The molecule has 0 aliphatic heterocycles. The molecule has 1 aliphatic rings. The van der Waals surface area contributed by atoms with Gasteiger partial charge in [0.15, 0.2) is 5.78 Å². The number of ether oxygens (including phenoxy) is 2. The van der Waals surface area contributed by atoms with Crippen LogP contribution in [0.15, 0.2) is 48.8 Å². The van der Waals surface area contributed by atoms with Gasteiger partial charge in [0.05, 0.1) is 41.5 Å². The average Bonchev–Trinajstić information content (AvgIpc) is 3.19. The van der Waals surface area contributed by atoms with Crippen LogP contribution in [0, 0.1) is 0 Å². The number of likely N-dealkylation sites (N-methyl/N-ethyl adjacent to an activating group) is 1. The molecule has 168 valence electrons. The van der Waals surface area contributed by atoms with E-state index in [9.17, 15) is 4.79 Å². The fourth-order valence-electron chi connectivity index (χ4n) is 4.09. The zero-order valence-electron chi connectivity index (χ0n) is 18.6. The summed E-state index contributed by atoms with van der Waals surface area (Å²) < 4.78 is 13.2. The Morgan fingerprint density at radius 1 is 1.06 bits per heavy atom. The van der Waals surface area contributed by atoms with Crippen molar-refractivity contribution in [3.05, 3.63) is 70.5 Å². The molecule has 2 aromatic carbocycles. The molecule has 0 saturated carbocycles. The third-order valence-electron chi connectivity index (χ3n) is 5.80. The number of benzene rings is 2.